The smallest absolute Gasteiger partial charge is 0.376 e. The van der Waals surface area contributed by atoms with Gasteiger partial charge in [-0.15, -0.1) is 0 Å². The minimum Gasteiger partial charge on any atom is -0.590 e. The van der Waals surface area contributed by atoms with Crippen molar-refractivity contribution >= 4 is 8.03 Å². The second-order valence-corrected chi connectivity index (χ2v) is 11.4. The first-order valence-corrected chi connectivity index (χ1v) is 14.1. The lowest BCUT2D eigenvalue weighted by atomic mass is 9.99. The Bertz CT molecular complexity index is 445. The zero-order valence-corrected chi connectivity index (χ0v) is 22.0. The van der Waals surface area contributed by atoms with Crippen LogP contribution in [0.3, 0.4) is 0 Å². The van der Waals surface area contributed by atoms with Gasteiger partial charge < -0.3 is 4.89 Å². The van der Waals surface area contributed by atoms with Gasteiger partial charge in [0, 0.05) is 12.8 Å². The predicted octanol–water partition coefficient (Wildman–Crippen LogP) is 8.11. The van der Waals surface area contributed by atoms with Crippen molar-refractivity contribution in [2.45, 2.75) is 135 Å². The molecule has 0 fully saturated rings. The van der Waals surface area contributed by atoms with E-state index >= 15 is 0 Å². The second kappa shape index (κ2) is 18.3. The summed E-state index contributed by atoms with van der Waals surface area (Å²) < 4.78 is 12.6. The molecular weight excluding hydrogens is 389 g/mol. The molecule has 3 nitrogen and oxygen atoms in total. The Balaban J connectivity index is 3.74. The Hall–Kier alpha value is -0.240. The number of unbranched alkanes of at least 4 members (excludes halogenated alkanes) is 13. The maximum Gasteiger partial charge on any atom is 0.376 e. The summed E-state index contributed by atoms with van der Waals surface area (Å²) in [5.41, 5.74) is 0. The SMILES string of the molecule is CCCCCCCCCCCCC=CCCCCCC(CCC)([P+](=O)[O-])[N+](C)(C)C. The molecule has 0 rings (SSSR count). The Labute approximate surface area is 190 Å². The van der Waals surface area contributed by atoms with Gasteiger partial charge in [0.2, 0.25) is 0 Å². The molecule has 0 aromatic carbocycles. The van der Waals surface area contributed by atoms with E-state index in [1.165, 1.54) is 77.0 Å². The molecule has 0 saturated heterocycles. The summed E-state index contributed by atoms with van der Waals surface area (Å²) in [6.45, 7) is 4.36. The molecule has 0 aliphatic carbocycles. The lowest BCUT2D eigenvalue weighted by molar-refractivity contribution is -0.910. The zero-order chi connectivity index (χ0) is 22.7. The molecule has 2 atom stereocenters. The van der Waals surface area contributed by atoms with Crippen molar-refractivity contribution in [1.29, 1.82) is 0 Å². The number of nitrogens with zero attached hydrogens (tertiary/aromatic N) is 1. The van der Waals surface area contributed by atoms with Crippen LogP contribution in [-0.4, -0.2) is 30.9 Å². The highest BCUT2D eigenvalue weighted by atomic mass is 31.1. The van der Waals surface area contributed by atoms with Crippen LogP contribution in [0.5, 0.6) is 0 Å². The van der Waals surface area contributed by atoms with Gasteiger partial charge >= 0.3 is 8.03 Å². The van der Waals surface area contributed by atoms with E-state index in [1.54, 1.807) is 0 Å². The lowest BCUT2D eigenvalue weighted by Crippen LogP contribution is -2.55. The van der Waals surface area contributed by atoms with Crippen LogP contribution in [0.25, 0.3) is 0 Å². The average Bonchev–Trinajstić information content (AvgIpc) is 2.68. The first-order chi connectivity index (χ1) is 14.3. The van der Waals surface area contributed by atoms with Gasteiger partial charge in [0.05, 0.1) is 21.1 Å². The quantitative estimate of drug-likeness (QED) is 0.0779. The van der Waals surface area contributed by atoms with E-state index in [2.05, 4.69) is 26.0 Å². The van der Waals surface area contributed by atoms with E-state index in [0.29, 0.717) is 4.48 Å². The minimum absolute atomic E-state index is 0.512. The van der Waals surface area contributed by atoms with Crippen molar-refractivity contribution in [2.75, 3.05) is 21.1 Å². The second-order valence-electron chi connectivity index (χ2n) is 10.0. The topological polar surface area (TPSA) is 40.1 Å². The van der Waals surface area contributed by atoms with E-state index in [9.17, 15) is 9.46 Å². The van der Waals surface area contributed by atoms with Crippen molar-refractivity contribution in [2.24, 2.45) is 0 Å². The van der Waals surface area contributed by atoms with Crippen LogP contribution < -0.4 is 4.89 Å². The summed E-state index contributed by atoms with van der Waals surface area (Å²) in [5.74, 6) is 0. The summed E-state index contributed by atoms with van der Waals surface area (Å²) in [6, 6.07) is 0. The van der Waals surface area contributed by atoms with Crippen LogP contribution in [-0.2, 0) is 4.57 Å². The molecule has 0 aliphatic heterocycles. The van der Waals surface area contributed by atoms with Gasteiger partial charge in [-0.1, -0.05) is 94.8 Å². The minimum atomic E-state index is -2.43. The lowest BCUT2D eigenvalue weighted by Gasteiger charge is -2.39. The zero-order valence-electron chi connectivity index (χ0n) is 21.1. The van der Waals surface area contributed by atoms with E-state index in [0.717, 1.165) is 38.5 Å². The number of allylic oxidation sites excluding steroid dienone is 2. The van der Waals surface area contributed by atoms with Crippen LogP contribution >= 0.6 is 8.03 Å². The number of rotatable bonds is 21. The van der Waals surface area contributed by atoms with Crippen LogP contribution in [0.2, 0.25) is 0 Å². The van der Waals surface area contributed by atoms with Gasteiger partial charge in [-0.3, -0.25) is 4.48 Å². The van der Waals surface area contributed by atoms with Crippen LogP contribution in [0, 0.1) is 0 Å². The predicted molar refractivity (Wildman–Crippen MR) is 132 cm³/mol. The van der Waals surface area contributed by atoms with E-state index in [1.807, 2.05) is 21.1 Å². The van der Waals surface area contributed by atoms with Gasteiger partial charge in [-0.25, -0.2) is 0 Å². The van der Waals surface area contributed by atoms with Crippen molar-refractivity contribution < 1.29 is 13.9 Å². The molecule has 0 radical (unpaired) electrons. The van der Waals surface area contributed by atoms with Crippen molar-refractivity contribution in [1.82, 2.24) is 0 Å². The molecule has 2 unspecified atom stereocenters. The highest BCUT2D eigenvalue weighted by Gasteiger charge is 2.53. The first-order valence-electron chi connectivity index (χ1n) is 12.9. The normalized spacial score (nSPS) is 14.9. The van der Waals surface area contributed by atoms with E-state index < -0.39 is 13.3 Å². The summed E-state index contributed by atoms with van der Waals surface area (Å²) in [5, 5.41) is -0.602. The highest BCUT2D eigenvalue weighted by Crippen LogP contribution is 2.45. The molecule has 178 valence electrons. The largest absolute Gasteiger partial charge is 0.590 e. The molecule has 4 heteroatoms. The molecule has 0 amide bonds. The number of quaternary nitrogens is 1. The third-order valence-corrected chi connectivity index (χ3v) is 8.30. The summed E-state index contributed by atoms with van der Waals surface area (Å²) >= 11 is 0. The van der Waals surface area contributed by atoms with Gasteiger partial charge in [0.25, 0.3) is 5.28 Å². The molecule has 0 aromatic heterocycles. The average molecular weight is 443 g/mol. The molecular formula is C26H53NO2P+. The van der Waals surface area contributed by atoms with E-state index in [4.69, 9.17) is 0 Å². The molecule has 0 aliphatic rings. The fourth-order valence-electron chi connectivity index (χ4n) is 4.46. The molecule has 0 N–H and O–H groups in total. The fourth-order valence-corrected chi connectivity index (χ4v) is 5.69. The first kappa shape index (κ1) is 29.8. The molecule has 0 spiro atoms. The van der Waals surface area contributed by atoms with Gasteiger partial charge in [-0.05, 0) is 38.5 Å². The molecule has 30 heavy (non-hydrogen) atoms. The summed E-state index contributed by atoms with van der Waals surface area (Å²) in [4.78, 5) is 12.1. The third kappa shape index (κ3) is 13.2. The van der Waals surface area contributed by atoms with Gasteiger partial charge in [0.15, 0.2) is 0 Å². The third-order valence-electron chi connectivity index (χ3n) is 6.58. The highest BCUT2D eigenvalue weighted by molar-refractivity contribution is 7.38. The molecule has 0 aromatic rings. The van der Waals surface area contributed by atoms with Gasteiger partial charge in [0.1, 0.15) is 0 Å². The van der Waals surface area contributed by atoms with Crippen LogP contribution in [0.4, 0.5) is 0 Å². The van der Waals surface area contributed by atoms with Crippen molar-refractivity contribution in [3.05, 3.63) is 12.2 Å². The maximum atomic E-state index is 12.1. The summed E-state index contributed by atoms with van der Waals surface area (Å²) in [7, 11) is 3.65. The Morgan fingerprint density at radius 3 is 1.50 bits per heavy atom. The maximum absolute atomic E-state index is 12.1. The van der Waals surface area contributed by atoms with Gasteiger partial charge in [-0.2, -0.15) is 0 Å². The van der Waals surface area contributed by atoms with Crippen molar-refractivity contribution in [3.8, 4) is 0 Å². The molecule has 0 saturated carbocycles. The Morgan fingerprint density at radius 2 is 1.10 bits per heavy atom. The number of hydrogen-bond acceptors (Lipinski definition) is 2. The Morgan fingerprint density at radius 1 is 0.667 bits per heavy atom. The monoisotopic (exact) mass is 442 g/mol. The standard InChI is InChI=1S/C26H53NO2P/c1-6-8-9-10-11-12-13-14-15-16-17-18-19-20-21-22-23-25-26(24-7-2,30(28)29)27(3,4)5/h18-19H,6-17,20-25H2,1-5H3/q+1. The molecule has 0 bridgehead atoms. The fraction of sp³-hybridized carbons (Fsp3) is 0.923. The molecule has 0 heterocycles. The van der Waals surface area contributed by atoms with E-state index in [-0.39, 0.29) is 0 Å². The Kier molecular flexibility index (Phi) is 18.2. The van der Waals surface area contributed by atoms with Crippen molar-refractivity contribution in [3.63, 3.8) is 0 Å². The van der Waals surface area contributed by atoms with Crippen LogP contribution in [0.15, 0.2) is 12.2 Å². The van der Waals surface area contributed by atoms with Crippen LogP contribution in [0.1, 0.15) is 129 Å². The summed E-state index contributed by atoms with van der Waals surface area (Å²) in [6.07, 6.45) is 26.8. The number of hydrogen-bond donors (Lipinski definition) is 0.